The molecule has 2 heteroatoms. The Balaban J connectivity index is 2.56. The Hall–Kier alpha value is -0.500. The van der Waals surface area contributed by atoms with Crippen LogP contribution in [0.3, 0.4) is 0 Å². The standard InChI is InChI=1S/C5H10NO/c1-3-6-4-5-7-2/h3,6H,1-2,4-5H2. The van der Waals surface area contributed by atoms with Gasteiger partial charge < -0.3 is 10.1 Å². The predicted molar refractivity (Wildman–Crippen MR) is 29.5 cm³/mol. The van der Waals surface area contributed by atoms with E-state index in [0.717, 1.165) is 6.54 Å². The van der Waals surface area contributed by atoms with Crippen LogP contribution in [0.4, 0.5) is 0 Å². The van der Waals surface area contributed by atoms with E-state index in [0.29, 0.717) is 6.61 Å². The fraction of sp³-hybridized carbons (Fsp3) is 0.400. The van der Waals surface area contributed by atoms with Gasteiger partial charge in [-0.3, -0.25) is 0 Å². The third-order valence-corrected chi connectivity index (χ3v) is 0.535. The molecule has 0 aromatic heterocycles. The lowest BCUT2D eigenvalue weighted by Gasteiger charge is -1.94. The minimum atomic E-state index is 0.631. The van der Waals surface area contributed by atoms with Crippen LogP contribution in [0, 0.1) is 7.11 Å². The van der Waals surface area contributed by atoms with E-state index in [9.17, 15) is 0 Å². The second kappa shape index (κ2) is 5.50. The fourth-order valence-electron chi connectivity index (χ4n) is 0.233. The molecule has 0 spiro atoms. The van der Waals surface area contributed by atoms with Gasteiger partial charge in [0.2, 0.25) is 0 Å². The minimum Gasteiger partial charge on any atom is -0.389 e. The Bertz CT molecular complexity index is 45.3. The molecule has 1 radical (unpaired) electrons. The molecule has 0 atom stereocenters. The lowest BCUT2D eigenvalue weighted by molar-refractivity contribution is 0.246. The third kappa shape index (κ3) is 5.50. The molecule has 0 aromatic carbocycles. The maximum absolute atomic E-state index is 4.48. The maximum Gasteiger partial charge on any atom is 0.0701 e. The van der Waals surface area contributed by atoms with Crippen molar-refractivity contribution in [3.63, 3.8) is 0 Å². The number of hydrogen-bond donors (Lipinski definition) is 1. The SMILES string of the molecule is [CH2]OCCNC=C. The zero-order valence-electron chi connectivity index (χ0n) is 4.31. The van der Waals surface area contributed by atoms with Crippen LogP contribution in [0.1, 0.15) is 0 Å². The predicted octanol–water partition coefficient (Wildman–Crippen LogP) is 0.528. The summed E-state index contributed by atoms with van der Waals surface area (Å²) in [6.07, 6.45) is 1.62. The summed E-state index contributed by atoms with van der Waals surface area (Å²) < 4.78 is 4.48. The normalized spacial score (nSPS) is 8.14. The van der Waals surface area contributed by atoms with E-state index in [4.69, 9.17) is 0 Å². The Morgan fingerprint density at radius 3 is 2.86 bits per heavy atom. The van der Waals surface area contributed by atoms with Crippen molar-refractivity contribution >= 4 is 0 Å². The largest absolute Gasteiger partial charge is 0.389 e. The van der Waals surface area contributed by atoms with Gasteiger partial charge in [-0.25, -0.2) is 0 Å². The molecule has 0 aliphatic carbocycles. The average Bonchev–Trinajstić information content (AvgIpc) is 1.69. The van der Waals surface area contributed by atoms with Crippen LogP contribution in [0.2, 0.25) is 0 Å². The fourth-order valence-corrected chi connectivity index (χ4v) is 0.233. The summed E-state index contributed by atoms with van der Waals surface area (Å²) >= 11 is 0. The molecule has 0 heterocycles. The molecule has 0 bridgehead atoms. The van der Waals surface area contributed by atoms with Gasteiger partial charge in [-0.05, 0) is 6.20 Å². The van der Waals surface area contributed by atoms with Gasteiger partial charge in [0.05, 0.1) is 13.7 Å². The molecular weight excluding hydrogens is 90.1 g/mol. The summed E-state index contributed by atoms with van der Waals surface area (Å²) in [5.41, 5.74) is 0. The third-order valence-electron chi connectivity index (χ3n) is 0.535. The topological polar surface area (TPSA) is 21.3 Å². The second-order valence-electron chi connectivity index (χ2n) is 1.07. The first kappa shape index (κ1) is 6.50. The zero-order chi connectivity index (χ0) is 5.54. The van der Waals surface area contributed by atoms with Crippen molar-refractivity contribution in [3.8, 4) is 0 Å². The van der Waals surface area contributed by atoms with Gasteiger partial charge in [0.25, 0.3) is 0 Å². The lowest BCUT2D eigenvalue weighted by Crippen LogP contribution is -2.10. The molecule has 1 N–H and O–H groups in total. The molecule has 0 saturated carbocycles. The average molecular weight is 100 g/mol. The molecule has 0 amide bonds. The van der Waals surface area contributed by atoms with Gasteiger partial charge in [-0.1, -0.05) is 6.58 Å². The van der Waals surface area contributed by atoms with Crippen molar-refractivity contribution in [3.05, 3.63) is 19.9 Å². The van der Waals surface area contributed by atoms with Gasteiger partial charge in [0, 0.05) is 6.54 Å². The van der Waals surface area contributed by atoms with Crippen LogP contribution < -0.4 is 5.32 Å². The first-order valence-electron chi connectivity index (χ1n) is 2.13. The zero-order valence-corrected chi connectivity index (χ0v) is 4.31. The van der Waals surface area contributed by atoms with Gasteiger partial charge in [-0.2, -0.15) is 0 Å². The summed E-state index contributed by atoms with van der Waals surface area (Å²) in [5.74, 6) is 0. The highest BCUT2D eigenvalue weighted by Gasteiger charge is 1.73. The van der Waals surface area contributed by atoms with E-state index in [1.165, 1.54) is 0 Å². The summed E-state index contributed by atoms with van der Waals surface area (Å²) in [4.78, 5) is 0. The second-order valence-corrected chi connectivity index (χ2v) is 1.07. The molecule has 0 rings (SSSR count). The Kier molecular flexibility index (Phi) is 5.11. The number of ether oxygens (including phenoxy) is 1. The van der Waals surface area contributed by atoms with Gasteiger partial charge in [-0.15, -0.1) is 0 Å². The summed E-state index contributed by atoms with van der Waals surface area (Å²) in [5, 5.41) is 2.85. The van der Waals surface area contributed by atoms with Crippen molar-refractivity contribution in [2.75, 3.05) is 13.2 Å². The van der Waals surface area contributed by atoms with Crippen LogP contribution >= 0.6 is 0 Å². The van der Waals surface area contributed by atoms with Crippen molar-refractivity contribution in [1.82, 2.24) is 5.32 Å². The monoisotopic (exact) mass is 100 g/mol. The molecule has 7 heavy (non-hydrogen) atoms. The molecule has 0 saturated heterocycles. The van der Waals surface area contributed by atoms with Crippen LogP contribution in [-0.4, -0.2) is 13.2 Å². The quantitative estimate of drug-likeness (QED) is 0.520. The van der Waals surface area contributed by atoms with Crippen LogP contribution in [-0.2, 0) is 4.74 Å². The first-order valence-corrected chi connectivity index (χ1v) is 2.13. The highest BCUT2D eigenvalue weighted by Crippen LogP contribution is 1.63. The number of hydrogen-bond acceptors (Lipinski definition) is 2. The Morgan fingerprint density at radius 1 is 1.71 bits per heavy atom. The molecule has 0 aromatic rings. The number of rotatable bonds is 4. The molecule has 0 fully saturated rings. The Morgan fingerprint density at radius 2 is 2.43 bits per heavy atom. The van der Waals surface area contributed by atoms with Gasteiger partial charge >= 0.3 is 0 Å². The first-order chi connectivity index (χ1) is 3.41. The summed E-state index contributed by atoms with van der Waals surface area (Å²) in [7, 11) is 3.18. The molecule has 0 aliphatic heterocycles. The summed E-state index contributed by atoms with van der Waals surface area (Å²) in [6.45, 7) is 4.86. The highest BCUT2D eigenvalue weighted by atomic mass is 16.5. The minimum absolute atomic E-state index is 0.631. The molecule has 41 valence electrons. The van der Waals surface area contributed by atoms with Crippen LogP contribution in [0.25, 0.3) is 0 Å². The van der Waals surface area contributed by atoms with Crippen molar-refractivity contribution in [1.29, 1.82) is 0 Å². The van der Waals surface area contributed by atoms with E-state index in [1.807, 2.05) is 0 Å². The van der Waals surface area contributed by atoms with Crippen molar-refractivity contribution < 1.29 is 4.74 Å². The van der Waals surface area contributed by atoms with E-state index in [1.54, 1.807) is 6.20 Å². The van der Waals surface area contributed by atoms with E-state index in [-0.39, 0.29) is 0 Å². The lowest BCUT2D eigenvalue weighted by atomic mass is 10.7. The molecule has 0 aliphatic rings. The van der Waals surface area contributed by atoms with Gasteiger partial charge in [0.1, 0.15) is 0 Å². The molecule has 0 unspecified atom stereocenters. The summed E-state index contributed by atoms with van der Waals surface area (Å²) in [6, 6.07) is 0. The Labute approximate surface area is 44.2 Å². The van der Waals surface area contributed by atoms with E-state index < -0.39 is 0 Å². The molecule has 2 nitrogen and oxygen atoms in total. The number of nitrogens with one attached hydrogen (secondary N) is 1. The smallest absolute Gasteiger partial charge is 0.0701 e. The van der Waals surface area contributed by atoms with Crippen LogP contribution in [0.5, 0.6) is 0 Å². The van der Waals surface area contributed by atoms with Crippen molar-refractivity contribution in [2.24, 2.45) is 0 Å². The highest BCUT2D eigenvalue weighted by molar-refractivity contribution is 4.61. The van der Waals surface area contributed by atoms with E-state index >= 15 is 0 Å². The molecular formula is C5H10NO. The maximum atomic E-state index is 4.48. The van der Waals surface area contributed by atoms with Crippen molar-refractivity contribution in [2.45, 2.75) is 0 Å². The van der Waals surface area contributed by atoms with E-state index in [2.05, 4.69) is 23.7 Å². The van der Waals surface area contributed by atoms with Gasteiger partial charge in [0.15, 0.2) is 0 Å². The van der Waals surface area contributed by atoms with Crippen LogP contribution in [0.15, 0.2) is 12.8 Å².